The zero-order valence-electron chi connectivity index (χ0n) is 9.20. The first-order valence-electron chi connectivity index (χ1n) is 5.08. The van der Waals surface area contributed by atoms with Crippen LogP contribution in [0.4, 0.5) is 5.69 Å². The fraction of sp³-hybridized carbons (Fsp3) is 0.167. The average molecular weight is 248 g/mol. The molecule has 2 rings (SSSR count). The van der Waals surface area contributed by atoms with Gasteiger partial charge in [-0.15, -0.1) is 0 Å². The molecular weight excluding hydrogens is 238 g/mol. The highest BCUT2D eigenvalue weighted by Crippen LogP contribution is 2.29. The number of hydrogen-bond acceptors (Lipinski definition) is 4. The molecule has 1 aromatic carbocycles. The average Bonchev–Trinajstić information content (AvgIpc) is 2.30. The monoisotopic (exact) mass is 247 g/mol. The smallest absolute Gasteiger partial charge is 0.147 e. The Balaban J connectivity index is 2.67. The fourth-order valence-electron chi connectivity index (χ4n) is 1.56. The van der Waals surface area contributed by atoms with Gasteiger partial charge in [0.2, 0.25) is 0 Å². The lowest BCUT2D eigenvalue weighted by Gasteiger charge is -2.08. The molecule has 0 bridgehead atoms. The molecule has 0 aliphatic rings. The first-order valence-corrected chi connectivity index (χ1v) is 5.46. The van der Waals surface area contributed by atoms with E-state index in [0.717, 1.165) is 5.39 Å². The number of pyridine rings is 1. The van der Waals surface area contributed by atoms with Gasteiger partial charge in [0.15, 0.2) is 0 Å². The van der Waals surface area contributed by atoms with Crippen LogP contribution < -0.4 is 10.5 Å². The number of halogens is 1. The van der Waals surface area contributed by atoms with Crippen LogP contribution in [0.2, 0.25) is 5.15 Å². The summed E-state index contributed by atoms with van der Waals surface area (Å²) in [7, 11) is 0. The fourth-order valence-corrected chi connectivity index (χ4v) is 1.74. The number of nitrogen functional groups attached to an aromatic ring is 1. The largest absolute Gasteiger partial charge is 0.492 e. The molecule has 0 saturated heterocycles. The lowest BCUT2D eigenvalue weighted by atomic mass is 10.1. The van der Waals surface area contributed by atoms with Crippen LogP contribution in [0.5, 0.6) is 5.75 Å². The first-order chi connectivity index (χ1) is 8.15. The summed E-state index contributed by atoms with van der Waals surface area (Å²) in [6.07, 6.45) is 0. The van der Waals surface area contributed by atoms with Crippen molar-refractivity contribution in [3.8, 4) is 11.8 Å². The Kier molecular flexibility index (Phi) is 3.03. The molecule has 0 amide bonds. The van der Waals surface area contributed by atoms with Gasteiger partial charge in [-0.2, -0.15) is 5.26 Å². The van der Waals surface area contributed by atoms with Gasteiger partial charge in [0.05, 0.1) is 23.4 Å². The summed E-state index contributed by atoms with van der Waals surface area (Å²) in [6, 6.07) is 7.09. The maximum absolute atomic E-state index is 8.86. The highest BCUT2D eigenvalue weighted by molar-refractivity contribution is 6.31. The molecule has 0 saturated carbocycles. The summed E-state index contributed by atoms with van der Waals surface area (Å²) in [5, 5.41) is 9.81. The van der Waals surface area contributed by atoms with Gasteiger partial charge in [0, 0.05) is 11.5 Å². The molecule has 0 fully saturated rings. The number of nitrogens with zero attached hydrogens (tertiary/aromatic N) is 2. The van der Waals surface area contributed by atoms with E-state index in [1.54, 1.807) is 18.2 Å². The van der Waals surface area contributed by atoms with Crippen LogP contribution >= 0.6 is 11.6 Å². The molecule has 1 heterocycles. The molecule has 1 aromatic heterocycles. The van der Waals surface area contributed by atoms with E-state index in [-0.39, 0.29) is 5.15 Å². The zero-order valence-corrected chi connectivity index (χ0v) is 9.95. The quantitative estimate of drug-likeness (QED) is 0.654. The van der Waals surface area contributed by atoms with Crippen molar-refractivity contribution >= 4 is 28.2 Å². The van der Waals surface area contributed by atoms with Crippen molar-refractivity contribution in [2.75, 3.05) is 12.3 Å². The number of nitriles is 1. The third-order valence-electron chi connectivity index (χ3n) is 2.32. The minimum absolute atomic E-state index is 0.187. The molecule has 0 radical (unpaired) electrons. The normalized spacial score (nSPS) is 10.2. The Morgan fingerprint density at radius 2 is 2.24 bits per heavy atom. The molecule has 86 valence electrons. The van der Waals surface area contributed by atoms with E-state index in [0.29, 0.717) is 29.1 Å². The number of nitrogens with two attached hydrogens (primary N) is 1. The van der Waals surface area contributed by atoms with Crippen molar-refractivity contribution in [1.82, 2.24) is 4.98 Å². The van der Waals surface area contributed by atoms with Gasteiger partial charge in [0.25, 0.3) is 0 Å². The number of rotatable bonds is 2. The Bertz CT molecular complexity index is 619. The van der Waals surface area contributed by atoms with Gasteiger partial charge >= 0.3 is 0 Å². The zero-order chi connectivity index (χ0) is 12.4. The van der Waals surface area contributed by atoms with Gasteiger partial charge in [-0.3, -0.25) is 0 Å². The second kappa shape index (κ2) is 4.48. The van der Waals surface area contributed by atoms with Crippen LogP contribution in [0.1, 0.15) is 12.5 Å². The Morgan fingerprint density at radius 3 is 2.88 bits per heavy atom. The number of ether oxygens (including phenoxy) is 1. The predicted molar refractivity (Wildman–Crippen MR) is 67.0 cm³/mol. The summed E-state index contributed by atoms with van der Waals surface area (Å²) < 4.78 is 5.37. The highest BCUT2D eigenvalue weighted by atomic mass is 35.5. The van der Waals surface area contributed by atoms with Crippen molar-refractivity contribution in [3.05, 3.63) is 28.9 Å². The maximum Gasteiger partial charge on any atom is 0.147 e. The van der Waals surface area contributed by atoms with E-state index >= 15 is 0 Å². The van der Waals surface area contributed by atoms with E-state index in [2.05, 4.69) is 4.98 Å². The van der Waals surface area contributed by atoms with Crippen molar-refractivity contribution in [1.29, 1.82) is 5.26 Å². The lowest BCUT2D eigenvalue weighted by Crippen LogP contribution is -1.97. The summed E-state index contributed by atoms with van der Waals surface area (Å²) in [5.41, 5.74) is 7.35. The van der Waals surface area contributed by atoms with E-state index in [4.69, 9.17) is 27.3 Å². The van der Waals surface area contributed by atoms with Gasteiger partial charge in [-0.05, 0) is 19.1 Å². The lowest BCUT2D eigenvalue weighted by molar-refractivity contribution is 0.342. The van der Waals surface area contributed by atoms with Gasteiger partial charge in [-0.1, -0.05) is 11.6 Å². The minimum atomic E-state index is 0.187. The first kappa shape index (κ1) is 11.5. The third kappa shape index (κ3) is 2.10. The van der Waals surface area contributed by atoms with Crippen LogP contribution in [-0.4, -0.2) is 11.6 Å². The van der Waals surface area contributed by atoms with E-state index in [1.807, 2.05) is 13.0 Å². The molecule has 17 heavy (non-hydrogen) atoms. The topological polar surface area (TPSA) is 71.9 Å². The summed E-state index contributed by atoms with van der Waals surface area (Å²) in [5.74, 6) is 0.577. The Labute approximate surface area is 104 Å². The standard InChI is InChI=1S/C12H10ClN3O/c1-2-17-11-5-10-7(4-9(11)15)3-8(6-14)12(13)16-10/h3-5H,2,15H2,1H3. The predicted octanol–water partition coefficient (Wildman–Crippen LogP) is 2.74. The molecule has 0 aliphatic carbocycles. The van der Waals surface area contributed by atoms with E-state index in [9.17, 15) is 0 Å². The molecule has 0 aliphatic heterocycles. The second-order valence-electron chi connectivity index (χ2n) is 3.45. The molecule has 5 heteroatoms. The summed E-state index contributed by atoms with van der Waals surface area (Å²) in [4.78, 5) is 4.14. The number of anilines is 1. The van der Waals surface area contributed by atoms with Gasteiger partial charge in [-0.25, -0.2) is 4.98 Å². The van der Waals surface area contributed by atoms with Gasteiger partial charge in [0.1, 0.15) is 17.0 Å². The summed E-state index contributed by atoms with van der Waals surface area (Å²) >= 11 is 5.87. The second-order valence-corrected chi connectivity index (χ2v) is 3.81. The number of hydrogen-bond donors (Lipinski definition) is 1. The molecule has 0 spiro atoms. The van der Waals surface area contributed by atoms with Crippen molar-refractivity contribution in [2.45, 2.75) is 6.92 Å². The highest BCUT2D eigenvalue weighted by Gasteiger charge is 2.08. The van der Waals surface area contributed by atoms with E-state index < -0.39 is 0 Å². The van der Waals surface area contributed by atoms with Crippen molar-refractivity contribution < 1.29 is 4.74 Å². The van der Waals surface area contributed by atoms with Crippen LogP contribution in [0, 0.1) is 11.3 Å². The van der Waals surface area contributed by atoms with Gasteiger partial charge < -0.3 is 10.5 Å². The molecule has 2 N–H and O–H groups in total. The summed E-state index contributed by atoms with van der Waals surface area (Å²) in [6.45, 7) is 2.41. The van der Waals surface area contributed by atoms with Crippen molar-refractivity contribution in [3.63, 3.8) is 0 Å². The third-order valence-corrected chi connectivity index (χ3v) is 2.61. The molecule has 4 nitrogen and oxygen atoms in total. The minimum Gasteiger partial charge on any atom is -0.492 e. The molecule has 0 unspecified atom stereocenters. The van der Waals surface area contributed by atoms with Crippen LogP contribution in [-0.2, 0) is 0 Å². The van der Waals surface area contributed by atoms with Crippen LogP contribution in [0.25, 0.3) is 10.9 Å². The maximum atomic E-state index is 8.86. The SMILES string of the molecule is CCOc1cc2nc(Cl)c(C#N)cc2cc1N. The number of benzene rings is 1. The molecule has 2 aromatic rings. The van der Waals surface area contributed by atoms with E-state index in [1.165, 1.54) is 0 Å². The van der Waals surface area contributed by atoms with Crippen molar-refractivity contribution in [2.24, 2.45) is 0 Å². The van der Waals surface area contributed by atoms with Crippen LogP contribution in [0.15, 0.2) is 18.2 Å². The van der Waals surface area contributed by atoms with Crippen LogP contribution in [0.3, 0.4) is 0 Å². The number of aromatic nitrogens is 1. The Hall–Kier alpha value is -1.99. The Morgan fingerprint density at radius 1 is 1.47 bits per heavy atom. The number of fused-ring (bicyclic) bond motifs is 1. The molecule has 0 atom stereocenters. The molecular formula is C12H10ClN3O.